The number of hydrogen-bond acceptors (Lipinski definition) is 5. The molecule has 5 nitrogen and oxygen atoms in total. The van der Waals surface area contributed by atoms with Gasteiger partial charge in [-0.25, -0.2) is 8.42 Å². The Bertz CT molecular complexity index is 545. The Kier molecular flexibility index (Phi) is 4.65. The summed E-state index contributed by atoms with van der Waals surface area (Å²) < 4.78 is 33.0. The van der Waals surface area contributed by atoms with Crippen molar-refractivity contribution in [2.45, 2.75) is 38.9 Å². The largest absolute Gasteiger partial charge is 0.494 e. The summed E-state index contributed by atoms with van der Waals surface area (Å²) in [5.74, 6) is 0.133. The van der Waals surface area contributed by atoms with Crippen LogP contribution in [0.25, 0.3) is 0 Å². The van der Waals surface area contributed by atoms with Crippen molar-refractivity contribution in [3.8, 4) is 0 Å². The molecule has 21 heavy (non-hydrogen) atoms. The minimum absolute atomic E-state index is 0.133. The van der Waals surface area contributed by atoms with Crippen LogP contribution in [0.5, 0.6) is 0 Å². The van der Waals surface area contributed by atoms with Gasteiger partial charge in [-0.1, -0.05) is 12.1 Å². The number of hydrogen-bond donors (Lipinski definition) is 2. The van der Waals surface area contributed by atoms with Crippen molar-refractivity contribution in [1.29, 1.82) is 0 Å². The van der Waals surface area contributed by atoms with Gasteiger partial charge in [0.05, 0.1) is 17.0 Å². The molecule has 0 spiro atoms. The fourth-order valence-electron chi connectivity index (χ4n) is 2.03. The maximum atomic E-state index is 10.5. The monoisotopic (exact) mass is 311 g/mol. The Morgan fingerprint density at radius 3 is 2.05 bits per heavy atom. The van der Waals surface area contributed by atoms with Crippen LogP contribution in [0.2, 0.25) is 0 Å². The van der Waals surface area contributed by atoms with Gasteiger partial charge in [0.25, 0.3) is 0 Å². The highest BCUT2D eigenvalue weighted by Crippen LogP contribution is 2.36. The van der Waals surface area contributed by atoms with Crippen molar-refractivity contribution in [1.82, 2.24) is 0 Å². The van der Waals surface area contributed by atoms with Gasteiger partial charge in [-0.3, -0.25) is 0 Å². The maximum absolute atomic E-state index is 10.5. The van der Waals surface area contributed by atoms with Gasteiger partial charge < -0.3 is 14.6 Å². The van der Waals surface area contributed by atoms with Crippen LogP contribution in [0.1, 0.15) is 27.7 Å². The van der Waals surface area contributed by atoms with Crippen molar-refractivity contribution in [3.05, 3.63) is 24.3 Å². The third kappa shape index (κ3) is 3.78. The molecular weight excluding hydrogens is 289 g/mol. The molecule has 7 heteroatoms. The molecule has 1 heterocycles. The molecule has 1 aliphatic heterocycles. The third-order valence-corrected chi connectivity index (χ3v) is 4.65. The van der Waals surface area contributed by atoms with Crippen LogP contribution >= 0.6 is 0 Å². The highest BCUT2D eigenvalue weighted by molar-refractivity contribution is 7.72. The number of benzene rings is 1. The summed E-state index contributed by atoms with van der Waals surface area (Å²) in [5.41, 5.74) is 1.13. The molecule has 1 fully saturated rings. The lowest BCUT2D eigenvalue weighted by Crippen LogP contribution is -2.41. The molecule has 0 unspecified atom stereocenters. The van der Waals surface area contributed by atoms with Crippen LogP contribution < -0.4 is 10.8 Å². The van der Waals surface area contributed by atoms with Gasteiger partial charge in [0.15, 0.2) is 0 Å². The number of rotatable bonds is 5. The lowest BCUT2D eigenvalue weighted by Gasteiger charge is -2.32. The van der Waals surface area contributed by atoms with Crippen LogP contribution in [0, 0.1) is 0 Å². The summed E-state index contributed by atoms with van der Waals surface area (Å²) in [4.78, 5) is 0. The van der Waals surface area contributed by atoms with Gasteiger partial charge in [0.1, 0.15) is 10.7 Å². The van der Waals surface area contributed by atoms with Crippen molar-refractivity contribution < 1.29 is 17.7 Å². The van der Waals surface area contributed by atoms with Crippen LogP contribution in [0.3, 0.4) is 0 Å². The van der Waals surface area contributed by atoms with Crippen LogP contribution in [0.4, 0.5) is 5.69 Å². The van der Waals surface area contributed by atoms with E-state index in [1.54, 1.807) is 0 Å². The smallest absolute Gasteiger partial charge is 0.399 e. The van der Waals surface area contributed by atoms with E-state index in [0.717, 1.165) is 11.2 Å². The molecule has 0 bridgehead atoms. The van der Waals surface area contributed by atoms with Crippen LogP contribution in [-0.2, 0) is 20.0 Å². The second kappa shape index (κ2) is 5.98. The topological polar surface area (TPSA) is 64.6 Å². The average molecular weight is 311 g/mol. The average Bonchev–Trinajstić information content (AvgIpc) is 2.59. The zero-order valence-electron chi connectivity index (χ0n) is 12.9. The lowest BCUT2D eigenvalue weighted by atomic mass is 9.79. The Labute approximate surface area is 128 Å². The summed E-state index contributed by atoms with van der Waals surface area (Å²) >= 11 is 0. The van der Waals surface area contributed by atoms with E-state index in [-0.39, 0.29) is 24.1 Å². The number of anilines is 1. The second-order valence-corrected chi connectivity index (χ2v) is 7.31. The first-order chi connectivity index (χ1) is 9.71. The minimum atomic E-state index is -2.33. The standard InChI is InChI=1S/C14H22BNO4S/c1-13(2)14(3,4)20-15(19-13)11-5-7-12(8-6-11)16-9-10-21(17)18/h5-8,16,21H,9-10H2,1-4H3. The Morgan fingerprint density at radius 2 is 1.57 bits per heavy atom. The molecule has 0 amide bonds. The Morgan fingerprint density at radius 1 is 1.05 bits per heavy atom. The minimum Gasteiger partial charge on any atom is -0.399 e. The van der Waals surface area contributed by atoms with Crippen molar-refractivity contribution >= 4 is 29.0 Å². The molecule has 116 valence electrons. The van der Waals surface area contributed by atoms with E-state index >= 15 is 0 Å². The molecule has 0 aromatic heterocycles. The summed E-state index contributed by atoms with van der Waals surface area (Å²) in [6.07, 6.45) is 0. The zero-order chi connectivity index (χ0) is 15.7. The number of nitrogens with one attached hydrogen (secondary N) is 1. The molecule has 0 saturated carbocycles. The summed E-state index contributed by atoms with van der Waals surface area (Å²) in [5, 5.41) is 3.06. The first kappa shape index (κ1) is 16.3. The molecule has 1 N–H and O–H groups in total. The van der Waals surface area contributed by atoms with Crippen LogP contribution in [0.15, 0.2) is 24.3 Å². The molecule has 0 aliphatic carbocycles. The normalized spacial score (nSPS) is 20.0. The van der Waals surface area contributed by atoms with Gasteiger partial charge in [-0.05, 0) is 45.3 Å². The highest BCUT2D eigenvalue weighted by Gasteiger charge is 2.51. The summed E-state index contributed by atoms with van der Waals surface area (Å²) in [6.45, 7) is 8.49. The van der Waals surface area contributed by atoms with Crippen molar-refractivity contribution in [2.24, 2.45) is 0 Å². The molecule has 1 aliphatic rings. The third-order valence-electron chi connectivity index (χ3n) is 4.06. The van der Waals surface area contributed by atoms with E-state index in [9.17, 15) is 8.42 Å². The number of thiol groups is 1. The molecule has 0 radical (unpaired) electrons. The van der Waals surface area contributed by atoms with E-state index < -0.39 is 10.7 Å². The fraction of sp³-hybridized carbons (Fsp3) is 0.571. The van der Waals surface area contributed by atoms with E-state index in [1.165, 1.54) is 0 Å². The summed E-state index contributed by atoms with van der Waals surface area (Å²) in [6, 6.07) is 7.67. The zero-order valence-corrected chi connectivity index (χ0v) is 13.8. The molecule has 1 aromatic carbocycles. The molecule has 2 rings (SSSR count). The Balaban J connectivity index is 2.00. The van der Waals surface area contributed by atoms with E-state index in [1.807, 2.05) is 52.0 Å². The molecule has 1 saturated heterocycles. The second-order valence-electron chi connectivity index (χ2n) is 6.19. The van der Waals surface area contributed by atoms with Gasteiger partial charge in [0, 0.05) is 12.2 Å². The van der Waals surface area contributed by atoms with E-state index in [4.69, 9.17) is 9.31 Å². The first-order valence-electron chi connectivity index (χ1n) is 7.02. The molecule has 1 aromatic rings. The lowest BCUT2D eigenvalue weighted by molar-refractivity contribution is 0.00578. The fourth-order valence-corrected chi connectivity index (χ4v) is 2.32. The SMILES string of the molecule is CC1(C)OB(c2ccc(NCC[SH](=O)=O)cc2)OC1(C)C. The summed E-state index contributed by atoms with van der Waals surface area (Å²) in [7, 11) is -2.71. The predicted octanol–water partition coefficient (Wildman–Crippen LogP) is 1.01. The van der Waals surface area contributed by atoms with Crippen molar-refractivity contribution in [2.75, 3.05) is 17.6 Å². The quantitative estimate of drug-likeness (QED) is 0.628. The predicted molar refractivity (Wildman–Crippen MR) is 85.8 cm³/mol. The van der Waals surface area contributed by atoms with E-state index in [2.05, 4.69) is 5.32 Å². The van der Waals surface area contributed by atoms with E-state index in [0.29, 0.717) is 6.54 Å². The molecular formula is C14H22BNO4S. The maximum Gasteiger partial charge on any atom is 0.494 e. The van der Waals surface area contributed by atoms with Gasteiger partial charge in [-0.2, -0.15) is 0 Å². The molecule has 0 atom stereocenters. The van der Waals surface area contributed by atoms with Gasteiger partial charge in [-0.15, -0.1) is 0 Å². The van der Waals surface area contributed by atoms with Gasteiger partial charge >= 0.3 is 7.12 Å². The van der Waals surface area contributed by atoms with Crippen molar-refractivity contribution in [3.63, 3.8) is 0 Å². The highest BCUT2D eigenvalue weighted by atomic mass is 32.2. The van der Waals surface area contributed by atoms with Gasteiger partial charge in [0.2, 0.25) is 0 Å². The first-order valence-corrected chi connectivity index (χ1v) is 8.39. The van der Waals surface area contributed by atoms with Crippen LogP contribution in [-0.4, -0.2) is 39.0 Å². The Hall–Kier alpha value is -1.05.